The third-order valence-corrected chi connectivity index (χ3v) is 6.84. The molecule has 0 heterocycles. The molecule has 2 bridgehead atoms. The number of hydrogen-bond acceptors (Lipinski definition) is 2. The van der Waals surface area contributed by atoms with Gasteiger partial charge in [-0.3, -0.25) is 4.79 Å². The molecule has 3 N–H and O–H groups in total. The fourth-order valence-corrected chi connectivity index (χ4v) is 5.93. The first-order valence-corrected chi connectivity index (χ1v) is 8.91. The van der Waals surface area contributed by atoms with E-state index in [1.54, 1.807) is 0 Å². The summed E-state index contributed by atoms with van der Waals surface area (Å²) in [6, 6.07) is 6.37. The number of carbonyl (C=O) groups is 1. The number of hydrogen-bond donors (Lipinski definition) is 2. The predicted octanol–water partition coefficient (Wildman–Crippen LogP) is 3.05. The van der Waals surface area contributed by atoms with E-state index in [0.29, 0.717) is 11.8 Å². The Morgan fingerprint density at radius 1 is 1.14 bits per heavy atom. The van der Waals surface area contributed by atoms with Crippen LogP contribution in [-0.4, -0.2) is 5.91 Å². The van der Waals surface area contributed by atoms with Gasteiger partial charge in [0.25, 0.3) is 0 Å². The molecular formula is C19H24N2O. The van der Waals surface area contributed by atoms with Crippen molar-refractivity contribution in [3.8, 4) is 0 Å². The fourth-order valence-electron chi connectivity index (χ4n) is 5.93. The predicted molar refractivity (Wildman–Crippen MR) is 86.0 cm³/mol. The summed E-state index contributed by atoms with van der Waals surface area (Å²) in [6.45, 7) is 0. The van der Waals surface area contributed by atoms with Gasteiger partial charge >= 0.3 is 0 Å². The van der Waals surface area contributed by atoms with Crippen molar-refractivity contribution in [2.24, 2.45) is 29.6 Å². The van der Waals surface area contributed by atoms with Crippen LogP contribution in [0, 0.1) is 29.6 Å². The van der Waals surface area contributed by atoms with Crippen molar-refractivity contribution < 1.29 is 4.79 Å². The van der Waals surface area contributed by atoms with Crippen molar-refractivity contribution in [3.05, 3.63) is 29.3 Å². The molecule has 3 fully saturated rings. The molecule has 1 aromatic carbocycles. The number of benzene rings is 1. The summed E-state index contributed by atoms with van der Waals surface area (Å²) in [7, 11) is 0. The standard InChI is InChI=1S/C19H24N2O/c20-13-6-7-14-10(9-13)2-1-3-15(14)21-19(22)18-16-11-4-5-12(8-11)17(16)18/h6-7,9,11-12,15-18H,1-5,8,20H2,(H,21,22). The van der Waals surface area contributed by atoms with Gasteiger partial charge in [-0.05, 0) is 85.5 Å². The van der Waals surface area contributed by atoms with Crippen LogP contribution in [0.1, 0.15) is 49.3 Å². The highest BCUT2D eigenvalue weighted by molar-refractivity contribution is 5.83. The zero-order valence-corrected chi connectivity index (χ0v) is 12.9. The van der Waals surface area contributed by atoms with Crippen LogP contribution in [0.4, 0.5) is 5.69 Å². The van der Waals surface area contributed by atoms with Gasteiger partial charge in [-0.2, -0.15) is 0 Å². The lowest BCUT2D eigenvalue weighted by molar-refractivity contribution is -0.124. The van der Waals surface area contributed by atoms with Crippen molar-refractivity contribution in [1.82, 2.24) is 5.32 Å². The molecule has 4 aliphatic carbocycles. The molecule has 1 aromatic rings. The van der Waals surface area contributed by atoms with Crippen LogP contribution in [0.5, 0.6) is 0 Å². The highest BCUT2D eigenvalue weighted by Crippen LogP contribution is 2.69. The molecule has 0 saturated heterocycles. The van der Waals surface area contributed by atoms with Crippen LogP contribution in [0.25, 0.3) is 0 Å². The smallest absolute Gasteiger partial charge is 0.224 e. The van der Waals surface area contributed by atoms with E-state index in [1.165, 1.54) is 30.4 Å². The van der Waals surface area contributed by atoms with Gasteiger partial charge in [0.05, 0.1) is 6.04 Å². The number of anilines is 1. The number of amides is 1. The van der Waals surface area contributed by atoms with Crippen molar-refractivity contribution in [2.75, 3.05) is 5.73 Å². The Labute approximate surface area is 131 Å². The first kappa shape index (κ1) is 13.0. The minimum atomic E-state index is 0.204. The Kier molecular flexibility index (Phi) is 2.65. The van der Waals surface area contributed by atoms with E-state index >= 15 is 0 Å². The minimum Gasteiger partial charge on any atom is -0.399 e. The number of nitrogen functional groups attached to an aromatic ring is 1. The number of nitrogens with two attached hydrogens (primary N) is 1. The zero-order chi connectivity index (χ0) is 14.8. The van der Waals surface area contributed by atoms with Gasteiger partial charge in [-0.25, -0.2) is 0 Å². The topological polar surface area (TPSA) is 55.1 Å². The second-order valence-electron chi connectivity index (χ2n) is 7.93. The largest absolute Gasteiger partial charge is 0.399 e. The molecule has 0 aromatic heterocycles. The summed E-state index contributed by atoms with van der Waals surface area (Å²) < 4.78 is 0. The summed E-state index contributed by atoms with van der Waals surface area (Å²) in [5, 5.41) is 3.37. The summed E-state index contributed by atoms with van der Waals surface area (Å²) in [4.78, 5) is 12.7. The van der Waals surface area contributed by atoms with Gasteiger partial charge in [0.2, 0.25) is 5.91 Å². The third-order valence-electron chi connectivity index (χ3n) is 6.84. The molecule has 5 rings (SSSR count). The molecule has 3 saturated carbocycles. The molecule has 0 radical (unpaired) electrons. The van der Waals surface area contributed by atoms with Gasteiger partial charge in [0, 0.05) is 11.6 Å². The Morgan fingerprint density at radius 2 is 1.91 bits per heavy atom. The average molecular weight is 296 g/mol. The Bertz CT molecular complexity index is 624. The second kappa shape index (κ2) is 4.50. The lowest BCUT2D eigenvalue weighted by atomic mass is 9.87. The first-order valence-electron chi connectivity index (χ1n) is 8.91. The molecule has 0 spiro atoms. The average Bonchev–Trinajstić information content (AvgIpc) is 2.96. The van der Waals surface area contributed by atoms with Crippen LogP contribution >= 0.6 is 0 Å². The van der Waals surface area contributed by atoms with E-state index in [0.717, 1.165) is 48.6 Å². The van der Waals surface area contributed by atoms with Gasteiger partial charge in [0.15, 0.2) is 0 Å². The number of carbonyl (C=O) groups excluding carboxylic acids is 1. The SMILES string of the molecule is Nc1ccc2c(c1)CCCC2NC(=O)C1C2C3CCC(C3)C12. The van der Waals surface area contributed by atoms with Crippen LogP contribution in [0.3, 0.4) is 0 Å². The molecule has 5 atom stereocenters. The maximum absolute atomic E-state index is 12.7. The van der Waals surface area contributed by atoms with E-state index < -0.39 is 0 Å². The molecule has 1 amide bonds. The molecule has 4 aliphatic rings. The molecule has 22 heavy (non-hydrogen) atoms. The monoisotopic (exact) mass is 296 g/mol. The van der Waals surface area contributed by atoms with Crippen LogP contribution in [-0.2, 0) is 11.2 Å². The minimum absolute atomic E-state index is 0.204. The highest BCUT2D eigenvalue weighted by atomic mass is 16.2. The number of rotatable bonds is 2. The van der Waals surface area contributed by atoms with E-state index in [4.69, 9.17) is 5.73 Å². The van der Waals surface area contributed by atoms with Crippen LogP contribution in [0.15, 0.2) is 18.2 Å². The van der Waals surface area contributed by atoms with E-state index in [9.17, 15) is 4.79 Å². The van der Waals surface area contributed by atoms with Crippen LogP contribution in [0.2, 0.25) is 0 Å². The second-order valence-corrected chi connectivity index (χ2v) is 7.93. The Balaban J connectivity index is 1.32. The quantitative estimate of drug-likeness (QED) is 0.824. The molecule has 116 valence electrons. The zero-order valence-electron chi connectivity index (χ0n) is 12.9. The summed E-state index contributed by atoms with van der Waals surface area (Å²) in [5.41, 5.74) is 9.35. The first-order chi connectivity index (χ1) is 10.7. The molecular weight excluding hydrogens is 272 g/mol. The maximum Gasteiger partial charge on any atom is 0.224 e. The number of nitrogens with one attached hydrogen (secondary N) is 1. The lowest BCUT2D eigenvalue weighted by Crippen LogP contribution is -2.33. The van der Waals surface area contributed by atoms with E-state index in [1.807, 2.05) is 6.07 Å². The van der Waals surface area contributed by atoms with Crippen molar-refractivity contribution >= 4 is 11.6 Å². The highest BCUT2D eigenvalue weighted by Gasteiger charge is 2.67. The van der Waals surface area contributed by atoms with E-state index in [-0.39, 0.29) is 6.04 Å². The summed E-state index contributed by atoms with van der Waals surface area (Å²) in [6.07, 6.45) is 7.46. The number of fused-ring (bicyclic) bond motifs is 6. The maximum atomic E-state index is 12.7. The van der Waals surface area contributed by atoms with Crippen molar-refractivity contribution in [1.29, 1.82) is 0 Å². The molecule has 3 heteroatoms. The van der Waals surface area contributed by atoms with Gasteiger partial charge in [0.1, 0.15) is 0 Å². The van der Waals surface area contributed by atoms with Gasteiger partial charge < -0.3 is 11.1 Å². The third kappa shape index (κ3) is 1.77. The Hall–Kier alpha value is -1.51. The van der Waals surface area contributed by atoms with Gasteiger partial charge in [-0.15, -0.1) is 0 Å². The van der Waals surface area contributed by atoms with Crippen molar-refractivity contribution in [2.45, 2.75) is 44.6 Å². The summed E-state index contributed by atoms with van der Waals surface area (Å²) in [5.74, 6) is 3.86. The summed E-state index contributed by atoms with van der Waals surface area (Å²) >= 11 is 0. The van der Waals surface area contributed by atoms with Crippen molar-refractivity contribution in [3.63, 3.8) is 0 Å². The molecule has 3 nitrogen and oxygen atoms in total. The van der Waals surface area contributed by atoms with E-state index in [2.05, 4.69) is 17.4 Å². The normalized spacial score (nSPS) is 40.9. The van der Waals surface area contributed by atoms with Gasteiger partial charge in [-0.1, -0.05) is 6.07 Å². The Morgan fingerprint density at radius 3 is 2.68 bits per heavy atom. The van der Waals surface area contributed by atoms with Crippen LogP contribution < -0.4 is 11.1 Å². The fraction of sp³-hybridized carbons (Fsp3) is 0.632. The number of aryl methyl sites for hydroxylation is 1. The molecule has 0 aliphatic heterocycles. The lowest BCUT2D eigenvalue weighted by Gasteiger charge is -2.27. The molecule has 5 unspecified atom stereocenters.